The Kier molecular flexibility index (Phi) is 6.91. The van der Waals surface area contributed by atoms with Crippen LogP contribution in [0.1, 0.15) is 13.3 Å². The number of ether oxygens (including phenoxy) is 1. The van der Waals surface area contributed by atoms with Crippen LogP contribution < -0.4 is 10.6 Å². The van der Waals surface area contributed by atoms with E-state index in [0.29, 0.717) is 0 Å². The van der Waals surface area contributed by atoms with Gasteiger partial charge in [0.05, 0.1) is 13.7 Å². The van der Waals surface area contributed by atoms with Gasteiger partial charge < -0.3 is 15.4 Å². The molecule has 0 aliphatic heterocycles. The van der Waals surface area contributed by atoms with E-state index in [1.165, 1.54) is 7.11 Å². The number of rotatable bonds is 6. The molecule has 0 saturated heterocycles. The number of hydrogen-bond acceptors (Lipinski definition) is 4. The molecule has 13 heavy (non-hydrogen) atoms. The molecular weight excluding hydrogens is 172 g/mol. The molecule has 2 N–H and O–H groups in total. The summed E-state index contributed by atoms with van der Waals surface area (Å²) in [5.41, 5.74) is 0. The van der Waals surface area contributed by atoms with Crippen LogP contribution in [0.3, 0.4) is 0 Å². The highest BCUT2D eigenvalue weighted by atomic mass is 16.5. The quantitative estimate of drug-likeness (QED) is 0.426. The number of carbonyl (C=O) groups is 2. The van der Waals surface area contributed by atoms with E-state index in [1.807, 2.05) is 6.92 Å². The maximum Gasteiger partial charge on any atom is 0.325 e. The van der Waals surface area contributed by atoms with Crippen molar-refractivity contribution in [3.05, 3.63) is 0 Å². The number of methoxy groups -OCH3 is 1. The highest BCUT2D eigenvalue weighted by molar-refractivity contribution is 5.83. The Morgan fingerprint density at radius 2 is 2.00 bits per heavy atom. The molecular formula is C8H16N2O3. The first-order valence-electron chi connectivity index (χ1n) is 4.25. The van der Waals surface area contributed by atoms with Crippen LogP contribution in [0.25, 0.3) is 0 Å². The first-order chi connectivity index (χ1) is 6.20. The molecule has 0 aromatic carbocycles. The minimum Gasteiger partial charge on any atom is -0.468 e. The zero-order valence-corrected chi connectivity index (χ0v) is 8.05. The van der Waals surface area contributed by atoms with Crippen LogP contribution in [-0.2, 0) is 14.3 Å². The summed E-state index contributed by atoms with van der Waals surface area (Å²) in [4.78, 5) is 21.5. The predicted molar refractivity (Wildman–Crippen MR) is 48.2 cm³/mol. The molecule has 0 rings (SSSR count). The topological polar surface area (TPSA) is 67.4 Å². The highest BCUT2D eigenvalue weighted by Gasteiger charge is 2.03. The van der Waals surface area contributed by atoms with Crippen LogP contribution in [-0.4, -0.2) is 38.6 Å². The maximum absolute atomic E-state index is 11.0. The number of nitrogens with one attached hydrogen (secondary N) is 2. The van der Waals surface area contributed by atoms with Gasteiger partial charge in [0.25, 0.3) is 0 Å². The second-order valence-electron chi connectivity index (χ2n) is 2.53. The lowest BCUT2D eigenvalue weighted by Gasteiger charge is -2.04. The third-order valence-electron chi connectivity index (χ3n) is 1.37. The molecule has 0 radical (unpaired) electrons. The lowest BCUT2D eigenvalue weighted by atomic mass is 10.4. The van der Waals surface area contributed by atoms with Crippen molar-refractivity contribution < 1.29 is 14.3 Å². The van der Waals surface area contributed by atoms with Gasteiger partial charge in [-0.2, -0.15) is 0 Å². The molecule has 0 aromatic rings. The van der Waals surface area contributed by atoms with Gasteiger partial charge in [-0.15, -0.1) is 0 Å². The van der Waals surface area contributed by atoms with Gasteiger partial charge in [-0.1, -0.05) is 6.92 Å². The van der Waals surface area contributed by atoms with Crippen molar-refractivity contribution in [1.82, 2.24) is 10.6 Å². The Hall–Kier alpha value is -1.10. The van der Waals surface area contributed by atoms with Crippen LogP contribution in [0.5, 0.6) is 0 Å². The first kappa shape index (κ1) is 11.9. The summed E-state index contributed by atoms with van der Waals surface area (Å²) < 4.78 is 4.35. The Morgan fingerprint density at radius 1 is 1.31 bits per heavy atom. The molecule has 0 aliphatic rings. The van der Waals surface area contributed by atoms with Gasteiger partial charge in [0.1, 0.15) is 6.54 Å². The molecule has 1 amide bonds. The van der Waals surface area contributed by atoms with E-state index < -0.39 is 5.97 Å². The Balaban J connectivity index is 3.35. The minimum absolute atomic E-state index is 0.0663. The number of carbonyl (C=O) groups excluding carboxylic acids is 2. The Bertz CT molecular complexity index is 171. The molecule has 0 aliphatic carbocycles. The zero-order chi connectivity index (χ0) is 10.1. The summed E-state index contributed by atoms with van der Waals surface area (Å²) in [6, 6.07) is 0. The average Bonchev–Trinajstić information content (AvgIpc) is 2.14. The van der Waals surface area contributed by atoms with E-state index >= 15 is 0 Å². The van der Waals surface area contributed by atoms with Gasteiger partial charge in [-0.05, 0) is 13.0 Å². The number of esters is 1. The molecule has 5 nitrogen and oxygen atoms in total. The molecule has 0 atom stereocenters. The van der Waals surface area contributed by atoms with E-state index in [9.17, 15) is 9.59 Å². The molecule has 0 heterocycles. The van der Waals surface area contributed by atoms with Gasteiger partial charge >= 0.3 is 5.97 Å². The van der Waals surface area contributed by atoms with E-state index in [-0.39, 0.29) is 19.0 Å². The number of amides is 1. The van der Waals surface area contributed by atoms with Crippen LogP contribution in [0.15, 0.2) is 0 Å². The largest absolute Gasteiger partial charge is 0.468 e. The monoisotopic (exact) mass is 188 g/mol. The standard InChI is InChI=1S/C8H16N2O3/c1-3-4-9-5-7(11)10-6-8(12)13-2/h9H,3-6H2,1-2H3,(H,10,11). The fourth-order valence-corrected chi connectivity index (χ4v) is 0.684. The summed E-state index contributed by atoms with van der Waals surface area (Å²) >= 11 is 0. The normalized spacial score (nSPS) is 9.38. The Labute approximate surface area is 77.8 Å². The van der Waals surface area contributed by atoms with Crippen molar-refractivity contribution in [3.63, 3.8) is 0 Å². The first-order valence-corrected chi connectivity index (χ1v) is 4.25. The predicted octanol–water partition coefficient (Wildman–Crippen LogP) is -0.725. The van der Waals surface area contributed by atoms with Crippen LogP contribution in [0.2, 0.25) is 0 Å². The summed E-state index contributed by atoms with van der Waals surface area (Å²) in [5, 5.41) is 5.33. The lowest BCUT2D eigenvalue weighted by Crippen LogP contribution is -2.37. The molecule has 76 valence electrons. The van der Waals surface area contributed by atoms with Crippen molar-refractivity contribution >= 4 is 11.9 Å². The zero-order valence-electron chi connectivity index (χ0n) is 8.05. The summed E-state index contributed by atoms with van der Waals surface area (Å²) in [5.74, 6) is -0.636. The van der Waals surface area contributed by atoms with Crippen molar-refractivity contribution in [2.75, 3.05) is 26.7 Å². The van der Waals surface area contributed by atoms with Gasteiger partial charge in [-0.3, -0.25) is 9.59 Å². The van der Waals surface area contributed by atoms with Crippen molar-refractivity contribution in [2.45, 2.75) is 13.3 Å². The van der Waals surface area contributed by atoms with Crippen molar-refractivity contribution in [2.24, 2.45) is 0 Å². The van der Waals surface area contributed by atoms with Crippen molar-refractivity contribution in [3.8, 4) is 0 Å². The third-order valence-corrected chi connectivity index (χ3v) is 1.37. The molecule has 0 fully saturated rings. The smallest absolute Gasteiger partial charge is 0.325 e. The average molecular weight is 188 g/mol. The second-order valence-corrected chi connectivity index (χ2v) is 2.53. The van der Waals surface area contributed by atoms with Gasteiger partial charge in [0, 0.05) is 0 Å². The molecule has 0 unspecified atom stereocenters. The maximum atomic E-state index is 11.0. The van der Waals surface area contributed by atoms with Gasteiger partial charge in [0.15, 0.2) is 0 Å². The molecule has 0 saturated carbocycles. The van der Waals surface area contributed by atoms with E-state index in [2.05, 4.69) is 15.4 Å². The third kappa shape index (κ3) is 7.27. The molecule has 0 spiro atoms. The molecule has 0 bridgehead atoms. The minimum atomic E-state index is -0.441. The lowest BCUT2D eigenvalue weighted by molar-refractivity contribution is -0.141. The molecule has 5 heteroatoms. The van der Waals surface area contributed by atoms with E-state index in [1.54, 1.807) is 0 Å². The second kappa shape index (κ2) is 7.54. The van der Waals surface area contributed by atoms with Gasteiger partial charge in [-0.25, -0.2) is 0 Å². The number of hydrogen-bond donors (Lipinski definition) is 2. The molecule has 0 aromatic heterocycles. The van der Waals surface area contributed by atoms with Crippen molar-refractivity contribution in [1.29, 1.82) is 0 Å². The summed E-state index contributed by atoms with van der Waals surface area (Å²) in [7, 11) is 1.28. The van der Waals surface area contributed by atoms with Crippen LogP contribution >= 0.6 is 0 Å². The highest BCUT2D eigenvalue weighted by Crippen LogP contribution is 1.72. The fraction of sp³-hybridized carbons (Fsp3) is 0.750. The fourth-order valence-electron chi connectivity index (χ4n) is 0.684. The van der Waals surface area contributed by atoms with Crippen LogP contribution in [0, 0.1) is 0 Å². The van der Waals surface area contributed by atoms with E-state index in [4.69, 9.17) is 0 Å². The van der Waals surface area contributed by atoms with Gasteiger partial charge in [0.2, 0.25) is 5.91 Å². The Morgan fingerprint density at radius 3 is 2.54 bits per heavy atom. The van der Waals surface area contributed by atoms with Crippen LogP contribution in [0.4, 0.5) is 0 Å². The SMILES string of the molecule is CCCNCC(=O)NCC(=O)OC. The summed E-state index contributed by atoms with van der Waals surface area (Å²) in [6.45, 7) is 2.99. The van der Waals surface area contributed by atoms with E-state index in [0.717, 1.165) is 13.0 Å². The summed E-state index contributed by atoms with van der Waals surface area (Å²) in [6.07, 6.45) is 0.976.